The SMILES string of the molecule is Cc1c(C(=O)O)cnn1-c1cccc(NC(=O)C2COCCO2)c1. The van der Waals surface area contributed by atoms with Gasteiger partial charge in [-0.1, -0.05) is 6.07 Å². The van der Waals surface area contributed by atoms with Gasteiger partial charge in [0.1, 0.15) is 5.56 Å². The summed E-state index contributed by atoms with van der Waals surface area (Å²) in [5.74, 6) is -1.31. The minimum absolute atomic E-state index is 0.136. The van der Waals surface area contributed by atoms with Crippen molar-refractivity contribution in [3.05, 3.63) is 41.7 Å². The number of hydrogen-bond donors (Lipinski definition) is 2. The fraction of sp³-hybridized carbons (Fsp3) is 0.312. The maximum atomic E-state index is 12.2. The minimum Gasteiger partial charge on any atom is -0.478 e. The number of carboxylic acid groups (broad SMARTS) is 1. The number of carbonyl (C=O) groups is 2. The number of carbonyl (C=O) groups excluding carboxylic acids is 1. The zero-order valence-electron chi connectivity index (χ0n) is 13.1. The van der Waals surface area contributed by atoms with E-state index in [4.69, 9.17) is 14.6 Å². The van der Waals surface area contributed by atoms with E-state index in [1.165, 1.54) is 10.9 Å². The van der Waals surface area contributed by atoms with Crippen molar-refractivity contribution in [2.45, 2.75) is 13.0 Å². The minimum atomic E-state index is -1.03. The van der Waals surface area contributed by atoms with Crippen molar-refractivity contribution in [3.8, 4) is 5.69 Å². The van der Waals surface area contributed by atoms with Gasteiger partial charge in [0, 0.05) is 5.69 Å². The zero-order chi connectivity index (χ0) is 17.1. The van der Waals surface area contributed by atoms with Gasteiger partial charge in [-0.15, -0.1) is 0 Å². The van der Waals surface area contributed by atoms with Crippen LogP contribution in [0.4, 0.5) is 5.69 Å². The van der Waals surface area contributed by atoms with Crippen LogP contribution in [0.1, 0.15) is 16.1 Å². The lowest BCUT2D eigenvalue weighted by molar-refractivity contribution is -0.142. The van der Waals surface area contributed by atoms with E-state index in [1.54, 1.807) is 31.2 Å². The molecule has 8 nitrogen and oxygen atoms in total. The summed E-state index contributed by atoms with van der Waals surface area (Å²) in [5, 5.41) is 16.0. The summed E-state index contributed by atoms with van der Waals surface area (Å²) in [6, 6.07) is 6.99. The molecule has 1 unspecified atom stereocenters. The molecule has 0 saturated carbocycles. The molecule has 1 saturated heterocycles. The van der Waals surface area contributed by atoms with Crippen LogP contribution in [0.5, 0.6) is 0 Å². The number of aromatic carboxylic acids is 1. The number of nitrogens with one attached hydrogen (secondary N) is 1. The normalized spacial score (nSPS) is 17.5. The van der Waals surface area contributed by atoms with Crippen LogP contribution < -0.4 is 5.32 Å². The van der Waals surface area contributed by atoms with Gasteiger partial charge in [0.25, 0.3) is 5.91 Å². The molecule has 1 aliphatic heterocycles. The number of amides is 1. The largest absolute Gasteiger partial charge is 0.478 e. The fourth-order valence-corrected chi connectivity index (χ4v) is 2.46. The quantitative estimate of drug-likeness (QED) is 0.873. The molecule has 0 spiro atoms. The third kappa shape index (κ3) is 3.29. The van der Waals surface area contributed by atoms with E-state index in [0.29, 0.717) is 30.3 Å². The van der Waals surface area contributed by atoms with Crippen LogP contribution in [0.2, 0.25) is 0 Å². The van der Waals surface area contributed by atoms with Crippen LogP contribution in [0.25, 0.3) is 5.69 Å². The maximum Gasteiger partial charge on any atom is 0.339 e. The summed E-state index contributed by atoms with van der Waals surface area (Å²) in [6.45, 7) is 2.78. The molecule has 8 heteroatoms. The zero-order valence-corrected chi connectivity index (χ0v) is 13.1. The number of anilines is 1. The second-order valence-electron chi connectivity index (χ2n) is 5.33. The number of nitrogens with zero attached hydrogens (tertiary/aromatic N) is 2. The van der Waals surface area contributed by atoms with Crippen LogP contribution in [0.15, 0.2) is 30.5 Å². The Balaban J connectivity index is 1.79. The van der Waals surface area contributed by atoms with Gasteiger partial charge in [0.2, 0.25) is 0 Å². The first kappa shape index (κ1) is 16.2. The van der Waals surface area contributed by atoms with E-state index in [-0.39, 0.29) is 18.1 Å². The van der Waals surface area contributed by atoms with Crippen molar-refractivity contribution >= 4 is 17.6 Å². The monoisotopic (exact) mass is 331 g/mol. The van der Waals surface area contributed by atoms with Gasteiger partial charge in [-0.05, 0) is 25.1 Å². The average Bonchev–Trinajstić information content (AvgIpc) is 2.97. The molecule has 1 amide bonds. The summed E-state index contributed by atoms with van der Waals surface area (Å²) in [6.07, 6.45) is 0.670. The van der Waals surface area contributed by atoms with E-state index in [0.717, 1.165) is 0 Å². The number of rotatable bonds is 4. The molecule has 126 valence electrons. The molecule has 3 rings (SSSR count). The molecule has 1 fully saturated rings. The molecule has 0 bridgehead atoms. The Kier molecular flexibility index (Phi) is 4.59. The molecule has 24 heavy (non-hydrogen) atoms. The lowest BCUT2D eigenvalue weighted by atomic mass is 10.2. The molecule has 1 aromatic heterocycles. The van der Waals surface area contributed by atoms with Gasteiger partial charge >= 0.3 is 5.97 Å². The first-order valence-corrected chi connectivity index (χ1v) is 7.45. The van der Waals surface area contributed by atoms with Crippen LogP contribution in [0.3, 0.4) is 0 Å². The second kappa shape index (κ2) is 6.81. The fourth-order valence-electron chi connectivity index (χ4n) is 2.46. The van der Waals surface area contributed by atoms with Gasteiger partial charge in [0.05, 0.1) is 37.4 Å². The van der Waals surface area contributed by atoms with Crippen molar-refractivity contribution in [1.29, 1.82) is 0 Å². The molecule has 2 heterocycles. The summed E-state index contributed by atoms with van der Waals surface area (Å²) in [7, 11) is 0. The van der Waals surface area contributed by atoms with Crippen molar-refractivity contribution in [3.63, 3.8) is 0 Å². The highest BCUT2D eigenvalue weighted by Gasteiger charge is 2.22. The van der Waals surface area contributed by atoms with Crippen molar-refractivity contribution < 1.29 is 24.2 Å². The molecule has 0 aliphatic carbocycles. The smallest absolute Gasteiger partial charge is 0.339 e. The molecule has 2 N–H and O–H groups in total. The number of benzene rings is 1. The Morgan fingerprint density at radius 1 is 1.38 bits per heavy atom. The predicted molar refractivity (Wildman–Crippen MR) is 84.4 cm³/mol. The number of aromatic nitrogens is 2. The lowest BCUT2D eigenvalue weighted by Gasteiger charge is -2.22. The molecular formula is C16H17N3O5. The highest BCUT2D eigenvalue weighted by Crippen LogP contribution is 2.18. The maximum absolute atomic E-state index is 12.2. The van der Waals surface area contributed by atoms with Crippen molar-refractivity contribution in [2.75, 3.05) is 25.1 Å². The molecule has 1 aliphatic rings. The molecular weight excluding hydrogens is 314 g/mol. The topological polar surface area (TPSA) is 103 Å². The molecule has 1 atom stereocenters. The molecule has 1 aromatic carbocycles. The van der Waals surface area contributed by atoms with Gasteiger partial charge < -0.3 is 19.9 Å². The van der Waals surface area contributed by atoms with Gasteiger partial charge in [-0.2, -0.15) is 5.10 Å². The summed E-state index contributed by atoms with van der Waals surface area (Å²) in [4.78, 5) is 23.3. The lowest BCUT2D eigenvalue weighted by Crippen LogP contribution is -2.39. The third-order valence-corrected chi connectivity index (χ3v) is 3.71. The first-order valence-electron chi connectivity index (χ1n) is 7.45. The predicted octanol–water partition coefficient (Wildman–Crippen LogP) is 1.23. The summed E-state index contributed by atoms with van der Waals surface area (Å²) >= 11 is 0. The number of ether oxygens (including phenoxy) is 2. The summed E-state index contributed by atoms with van der Waals surface area (Å²) in [5.41, 5.74) is 1.87. The van der Waals surface area contributed by atoms with Crippen LogP contribution in [-0.2, 0) is 14.3 Å². The molecule has 0 radical (unpaired) electrons. The second-order valence-corrected chi connectivity index (χ2v) is 5.33. The highest BCUT2D eigenvalue weighted by molar-refractivity contribution is 5.94. The van der Waals surface area contributed by atoms with E-state index in [2.05, 4.69) is 10.4 Å². The standard InChI is InChI=1S/C16H17N3O5/c1-10-13(16(21)22)8-17-19(10)12-4-2-3-11(7-12)18-15(20)14-9-23-5-6-24-14/h2-4,7-8,14H,5-6,9H2,1H3,(H,18,20)(H,21,22). The Labute approximate surface area is 138 Å². The van der Waals surface area contributed by atoms with E-state index >= 15 is 0 Å². The van der Waals surface area contributed by atoms with Crippen molar-refractivity contribution in [2.24, 2.45) is 0 Å². The van der Waals surface area contributed by atoms with E-state index < -0.39 is 12.1 Å². The number of carboxylic acids is 1. The summed E-state index contributed by atoms with van der Waals surface area (Å²) < 4.78 is 12.1. The van der Waals surface area contributed by atoms with E-state index in [9.17, 15) is 9.59 Å². The Morgan fingerprint density at radius 2 is 2.21 bits per heavy atom. The first-order chi connectivity index (χ1) is 11.6. The van der Waals surface area contributed by atoms with Crippen LogP contribution >= 0.6 is 0 Å². The third-order valence-electron chi connectivity index (χ3n) is 3.71. The van der Waals surface area contributed by atoms with E-state index in [1.807, 2.05) is 0 Å². The molecule has 2 aromatic rings. The average molecular weight is 331 g/mol. The Hall–Kier alpha value is -2.71. The van der Waals surface area contributed by atoms with Gasteiger partial charge in [0.15, 0.2) is 6.10 Å². The number of hydrogen-bond acceptors (Lipinski definition) is 5. The highest BCUT2D eigenvalue weighted by atomic mass is 16.6. The van der Waals surface area contributed by atoms with Gasteiger partial charge in [-0.25, -0.2) is 9.48 Å². The van der Waals surface area contributed by atoms with Crippen LogP contribution in [0, 0.1) is 6.92 Å². The van der Waals surface area contributed by atoms with Crippen molar-refractivity contribution in [1.82, 2.24) is 9.78 Å². The van der Waals surface area contributed by atoms with Gasteiger partial charge in [-0.3, -0.25) is 4.79 Å². The van der Waals surface area contributed by atoms with Crippen LogP contribution in [-0.4, -0.2) is 52.7 Å². The Morgan fingerprint density at radius 3 is 2.88 bits per heavy atom. The Bertz CT molecular complexity index is 765.